The number of hydrogen-bond donors (Lipinski definition) is 0. The highest BCUT2D eigenvalue weighted by molar-refractivity contribution is 7.80. The summed E-state index contributed by atoms with van der Waals surface area (Å²) >= 11 is -1.27. The first-order valence-electron chi connectivity index (χ1n) is 3.82. The van der Waals surface area contributed by atoms with Crippen molar-refractivity contribution < 1.29 is 8.39 Å². The molecule has 1 unspecified atom stereocenters. The Kier molecular flexibility index (Phi) is 1.59. The molecule has 0 aromatic heterocycles. The average Bonchev–Trinajstić information content (AvgIpc) is 2.25. The van der Waals surface area contributed by atoms with Gasteiger partial charge in [-0.15, -0.1) is 0 Å². The van der Waals surface area contributed by atoms with Crippen LogP contribution in [-0.4, -0.2) is 4.21 Å². The van der Waals surface area contributed by atoms with E-state index in [1.807, 2.05) is 38.1 Å². The van der Waals surface area contributed by atoms with Crippen molar-refractivity contribution in [3.05, 3.63) is 29.8 Å². The molecule has 0 spiro atoms. The van der Waals surface area contributed by atoms with E-state index in [0.717, 1.165) is 10.5 Å². The molecule has 0 saturated heterocycles. The second-order valence-electron chi connectivity index (χ2n) is 3.32. The van der Waals surface area contributed by atoms with Gasteiger partial charge in [-0.25, -0.2) is 4.21 Å². The van der Waals surface area contributed by atoms with Gasteiger partial charge in [0, 0.05) is 5.56 Å². The highest BCUT2D eigenvalue weighted by atomic mass is 32.2. The lowest BCUT2D eigenvalue weighted by Gasteiger charge is -2.15. The van der Waals surface area contributed by atoms with Crippen molar-refractivity contribution in [3.63, 3.8) is 0 Å². The summed E-state index contributed by atoms with van der Waals surface area (Å²) in [5.74, 6) is 0. The third kappa shape index (κ3) is 1.01. The van der Waals surface area contributed by atoms with Crippen LogP contribution in [0.4, 0.5) is 0 Å². The Hall–Kier alpha value is -0.670. The van der Waals surface area contributed by atoms with Crippen molar-refractivity contribution in [2.24, 2.45) is 0 Å². The third-order valence-electron chi connectivity index (χ3n) is 2.00. The predicted octanol–water partition coefficient (Wildman–Crippen LogP) is 1.97. The van der Waals surface area contributed by atoms with Crippen LogP contribution >= 0.6 is 0 Å². The first-order chi connectivity index (χ1) is 5.61. The second-order valence-corrected chi connectivity index (χ2v) is 4.40. The fraction of sp³-hybridized carbons (Fsp3) is 0.333. The third-order valence-corrected chi connectivity index (χ3v) is 3.28. The van der Waals surface area contributed by atoms with Crippen LogP contribution in [0.1, 0.15) is 19.4 Å². The molecule has 1 atom stereocenters. The summed E-state index contributed by atoms with van der Waals surface area (Å²) in [6.07, 6.45) is 0. The normalized spacial score (nSPS) is 25.3. The fourth-order valence-corrected chi connectivity index (χ4v) is 2.63. The quantitative estimate of drug-likeness (QED) is 0.613. The van der Waals surface area contributed by atoms with E-state index >= 15 is 0 Å². The monoisotopic (exact) mass is 182 g/mol. The molecule has 0 saturated carbocycles. The maximum absolute atomic E-state index is 11.4. The zero-order valence-electron chi connectivity index (χ0n) is 7.03. The number of rotatable bonds is 0. The molecule has 0 N–H and O–H groups in total. The van der Waals surface area contributed by atoms with Gasteiger partial charge in [0.15, 0.2) is 11.1 Å². The van der Waals surface area contributed by atoms with Crippen molar-refractivity contribution in [1.29, 1.82) is 0 Å². The van der Waals surface area contributed by atoms with Gasteiger partial charge in [-0.2, -0.15) is 0 Å². The maximum atomic E-state index is 11.4. The van der Waals surface area contributed by atoms with Gasteiger partial charge in [-0.1, -0.05) is 18.2 Å². The Morgan fingerprint density at radius 3 is 2.67 bits per heavy atom. The van der Waals surface area contributed by atoms with E-state index in [-0.39, 0.29) is 0 Å². The molecule has 1 aromatic carbocycles. The molecule has 1 aliphatic heterocycles. The van der Waals surface area contributed by atoms with Crippen LogP contribution in [0.25, 0.3) is 0 Å². The first-order valence-corrected chi connectivity index (χ1v) is 4.89. The van der Waals surface area contributed by atoms with Gasteiger partial charge in [-0.05, 0) is 19.9 Å². The molecule has 0 radical (unpaired) electrons. The Balaban J connectivity index is 2.66. The molecule has 1 heterocycles. The molecule has 64 valence electrons. The minimum Gasteiger partial charge on any atom is -0.276 e. The van der Waals surface area contributed by atoms with Crippen LogP contribution in [0.3, 0.4) is 0 Å². The Morgan fingerprint density at radius 1 is 1.33 bits per heavy atom. The topological polar surface area (TPSA) is 26.3 Å². The number of benzene rings is 1. The van der Waals surface area contributed by atoms with E-state index < -0.39 is 16.7 Å². The van der Waals surface area contributed by atoms with Crippen molar-refractivity contribution in [1.82, 2.24) is 0 Å². The molecule has 12 heavy (non-hydrogen) atoms. The summed E-state index contributed by atoms with van der Waals surface area (Å²) in [6.45, 7) is 3.85. The highest BCUT2D eigenvalue weighted by Gasteiger charge is 2.35. The first kappa shape index (κ1) is 7.95. The van der Waals surface area contributed by atoms with Gasteiger partial charge in [-0.3, -0.25) is 4.18 Å². The van der Waals surface area contributed by atoms with Crippen LogP contribution in [0.15, 0.2) is 29.2 Å². The van der Waals surface area contributed by atoms with Gasteiger partial charge < -0.3 is 0 Å². The molecule has 1 aromatic rings. The van der Waals surface area contributed by atoms with Crippen LogP contribution in [0.5, 0.6) is 0 Å². The summed E-state index contributed by atoms with van der Waals surface area (Å²) in [5, 5.41) is 0. The smallest absolute Gasteiger partial charge is 0.190 e. The number of fused-ring (bicyclic) bond motifs is 1. The van der Waals surface area contributed by atoms with E-state index in [0.29, 0.717) is 0 Å². The molecule has 1 aliphatic rings. The lowest BCUT2D eigenvalue weighted by Crippen LogP contribution is -2.14. The molecule has 2 rings (SSSR count). The van der Waals surface area contributed by atoms with E-state index in [4.69, 9.17) is 4.18 Å². The Bertz CT molecular complexity index is 344. The second kappa shape index (κ2) is 2.41. The van der Waals surface area contributed by atoms with Crippen molar-refractivity contribution in [2.45, 2.75) is 24.3 Å². The van der Waals surface area contributed by atoms with Crippen molar-refractivity contribution in [3.8, 4) is 0 Å². The summed E-state index contributed by atoms with van der Waals surface area (Å²) in [7, 11) is 0. The predicted molar refractivity (Wildman–Crippen MR) is 47.0 cm³/mol. The standard InChI is InChI=1S/C9H10O2S/c1-9(2)7-5-3-4-6-8(7)12(10)11-9/h3-6H,1-2H3. The molecule has 0 aliphatic carbocycles. The summed E-state index contributed by atoms with van der Waals surface area (Å²) in [4.78, 5) is 0.808. The SMILES string of the molecule is CC1(C)OS(=O)c2ccccc21. The summed E-state index contributed by atoms with van der Waals surface area (Å²) < 4.78 is 16.7. The fourth-order valence-electron chi connectivity index (χ4n) is 1.39. The van der Waals surface area contributed by atoms with Gasteiger partial charge >= 0.3 is 0 Å². The van der Waals surface area contributed by atoms with Crippen LogP contribution < -0.4 is 0 Å². The van der Waals surface area contributed by atoms with E-state index in [1.54, 1.807) is 0 Å². The van der Waals surface area contributed by atoms with Gasteiger partial charge in [0.2, 0.25) is 0 Å². The molecular formula is C9H10O2S. The summed E-state index contributed by atoms with van der Waals surface area (Å²) in [6, 6.07) is 7.62. The van der Waals surface area contributed by atoms with Crippen LogP contribution in [0, 0.1) is 0 Å². The Labute approximate surface area is 74.2 Å². The zero-order chi connectivity index (χ0) is 8.77. The maximum Gasteiger partial charge on any atom is 0.190 e. The molecule has 0 amide bonds. The van der Waals surface area contributed by atoms with Crippen LogP contribution in [-0.2, 0) is 20.9 Å². The number of hydrogen-bond acceptors (Lipinski definition) is 2. The highest BCUT2D eigenvalue weighted by Crippen LogP contribution is 2.37. The van der Waals surface area contributed by atoms with E-state index in [9.17, 15) is 4.21 Å². The Morgan fingerprint density at radius 2 is 2.00 bits per heavy atom. The lowest BCUT2D eigenvalue weighted by atomic mass is 9.99. The molecule has 3 heteroatoms. The molecule has 0 bridgehead atoms. The molecule has 2 nitrogen and oxygen atoms in total. The summed E-state index contributed by atoms with van der Waals surface area (Å²) in [5.41, 5.74) is 0.630. The van der Waals surface area contributed by atoms with Gasteiger partial charge in [0.25, 0.3) is 0 Å². The zero-order valence-corrected chi connectivity index (χ0v) is 7.85. The van der Waals surface area contributed by atoms with Crippen LogP contribution in [0.2, 0.25) is 0 Å². The van der Waals surface area contributed by atoms with E-state index in [2.05, 4.69) is 0 Å². The van der Waals surface area contributed by atoms with Crippen molar-refractivity contribution in [2.75, 3.05) is 0 Å². The molecular weight excluding hydrogens is 172 g/mol. The average molecular weight is 182 g/mol. The van der Waals surface area contributed by atoms with Gasteiger partial charge in [0.05, 0.1) is 4.90 Å². The molecule has 0 fully saturated rings. The minimum atomic E-state index is -1.27. The van der Waals surface area contributed by atoms with Gasteiger partial charge in [0.1, 0.15) is 5.60 Å². The lowest BCUT2D eigenvalue weighted by molar-refractivity contribution is 0.142. The minimum absolute atomic E-state index is 0.401. The van der Waals surface area contributed by atoms with Crippen molar-refractivity contribution >= 4 is 11.1 Å². The van der Waals surface area contributed by atoms with E-state index in [1.165, 1.54) is 0 Å². The largest absolute Gasteiger partial charge is 0.276 e.